The summed E-state index contributed by atoms with van der Waals surface area (Å²) < 4.78 is 17.2. The van der Waals surface area contributed by atoms with E-state index in [1.54, 1.807) is 13.8 Å². The number of carboxylic acid groups (broad SMARTS) is 1. The van der Waals surface area contributed by atoms with Crippen LogP contribution in [0, 0.1) is 17.3 Å². The van der Waals surface area contributed by atoms with Gasteiger partial charge in [-0.1, -0.05) is 13.8 Å². The fourth-order valence-electron chi connectivity index (χ4n) is 1.78. The lowest BCUT2D eigenvalue weighted by molar-refractivity contribution is -0.140. The van der Waals surface area contributed by atoms with E-state index < -0.39 is 35.0 Å². The fraction of sp³-hybridized carbons (Fsp3) is 0.600. The van der Waals surface area contributed by atoms with E-state index in [1.165, 1.54) is 0 Å². The lowest BCUT2D eigenvalue weighted by atomic mass is 10.1. The number of carbonyl (C=O) groups is 2. The van der Waals surface area contributed by atoms with Crippen LogP contribution in [-0.2, 0) is 14.3 Å². The van der Waals surface area contributed by atoms with Crippen LogP contribution in [0.15, 0.2) is 11.9 Å². The van der Waals surface area contributed by atoms with E-state index in [2.05, 4.69) is 4.74 Å². The van der Waals surface area contributed by atoms with Gasteiger partial charge in [0.1, 0.15) is 0 Å². The van der Waals surface area contributed by atoms with Crippen molar-refractivity contribution in [2.75, 3.05) is 7.11 Å². The number of ether oxygens (including phenoxy) is 1. The first-order chi connectivity index (χ1) is 6.82. The van der Waals surface area contributed by atoms with Gasteiger partial charge in [0.25, 0.3) is 0 Å². The second-order valence-electron chi connectivity index (χ2n) is 4.17. The SMILES string of the molecule is COC(=O)/C(F)=C/[C@H]1[C@@H](C(=O)O)C1(C)C. The van der Waals surface area contributed by atoms with Crippen LogP contribution in [0.5, 0.6) is 0 Å². The zero-order valence-corrected chi connectivity index (χ0v) is 8.78. The van der Waals surface area contributed by atoms with Gasteiger partial charge in [-0.3, -0.25) is 4.79 Å². The number of esters is 1. The maximum atomic E-state index is 13.1. The standard InChI is InChI=1S/C10H13FO4/c1-10(2)5(7(10)8(12)13)4-6(11)9(14)15-3/h4-5,7H,1-3H3,(H,12,13)/b6-4-/t5-,7-/m0/s1. The Morgan fingerprint density at radius 1 is 1.47 bits per heavy atom. The van der Waals surface area contributed by atoms with Gasteiger partial charge in [-0.05, 0) is 17.4 Å². The third-order valence-electron chi connectivity index (χ3n) is 2.88. The highest BCUT2D eigenvalue weighted by molar-refractivity contribution is 5.86. The lowest BCUT2D eigenvalue weighted by Gasteiger charge is -1.97. The van der Waals surface area contributed by atoms with E-state index in [4.69, 9.17) is 5.11 Å². The molecular formula is C10H13FO4. The third kappa shape index (κ3) is 2.00. The largest absolute Gasteiger partial charge is 0.481 e. The van der Waals surface area contributed by atoms with Crippen molar-refractivity contribution in [3.63, 3.8) is 0 Å². The van der Waals surface area contributed by atoms with E-state index in [9.17, 15) is 14.0 Å². The molecule has 1 aliphatic carbocycles. The predicted octanol–water partition coefficient (Wildman–Crippen LogP) is 1.37. The van der Waals surface area contributed by atoms with Crippen LogP contribution in [0.2, 0.25) is 0 Å². The zero-order chi connectivity index (χ0) is 11.8. The topological polar surface area (TPSA) is 63.6 Å². The van der Waals surface area contributed by atoms with Crippen LogP contribution in [-0.4, -0.2) is 24.2 Å². The summed E-state index contributed by atoms with van der Waals surface area (Å²) >= 11 is 0. The Labute approximate surface area is 86.7 Å². The van der Waals surface area contributed by atoms with E-state index in [1.807, 2.05) is 0 Å². The van der Waals surface area contributed by atoms with Gasteiger partial charge in [0, 0.05) is 0 Å². The van der Waals surface area contributed by atoms with Crippen molar-refractivity contribution in [1.29, 1.82) is 0 Å². The third-order valence-corrected chi connectivity index (χ3v) is 2.88. The predicted molar refractivity (Wildman–Crippen MR) is 49.6 cm³/mol. The Morgan fingerprint density at radius 2 is 2.00 bits per heavy atom. The van der Waals surface area contributed by atoms with Crippen molar-refractivity contribution >= 4 is 11.9 Å². The number of carboxylic acids is 1. The van der Waals surface area contributed by atoms with Crippen LogP contribution in [0.25, 0.3) is 0 Å². The molecule has 0 aromatic heterocycles. The number of carbonyl (C=O) groups excluding carboxylic acids is 1. The number of aliphatic carboxylic acids is 1. The molecule has 0 aromatic carbocycles. The Morgan fingerprint density at radius 3 is 2.33 bits per heavy atom. The molecule has 0 spiro atoms. The van der Waals surface area contributed by atoms with Gasteiger partial charge in [-0.25, -0.2) is 4.79 Å². The second kappa shape index (κ2) is 3.64. The molecule has 1 saturated carbocycles. The molecule has 0 saturated heterocycles. The second-order valence-corrected chi connectivity index (χ2v) is 4.17. The van der Waals surface area contributed by atoms with E-state index in [-0.39, 0.29) is 0 Å². The van der Waals surface area contributed by atoms with Crippen LogP contribution in [0.4, 0.5) is 4.39 Å². The van der Waals surface area contributed by atoms with Crippen molar-refractivity contribution in [1.82, 2.24) is 0 Å². The van der Waals surface area contributed by atoms with Crippen LogP contribution < -0.4 is 0 Å². The van der Waals surface area contributed by atoms with Crippen molar-refractivity contribution in [2.45, 2.75) is 13.8 Å². The first-order valence-corrected chi connectivity index (χ1v) is 4.50. The fourth-order valence-corrected chi connectivity index (χ4v) is 1.78. The van der Waals surface area contributed by atoms with E-state index in [0.717, 1.165) is 13.2 Å². The highest BCUT2D eigenvalue weighted by Crippen LogP contribution is 2.59. The molecule has 5 heteroatoms. The average Bonchev–Trinajstić information content (AvgIpc) is 2.66. The smallest absolute Gasteiger partial charge is 0.366 e. The minimum absolute atomic E-state index is 0.450. The number of hydrogen-bond donors (Lipinski definition) is 1. The van der Waals surface area contributed by atoms with Gasteiger partial charge in [0.05, 0.1) is 13.0 Å². The Kier molecular flexibility index (Phi) is 2.83. The molecule has 4 nitrogen and oxygen atoms in total. The highest BCUT2D eigenvalue weighted by Gasteiger charge is 2.61. The maximum Gasteiger partial charge on any atom is 0.366 e. The summed E-state index contributed by atoms with van der Waals surface area (Å²) in [7, 11) is 1.07. The molecule has 0 aromatic rings. The van der Waals surface area contributed by atoms with Crippen molar-refractivity contribution < 1.29 is 23.8 Å². The van der Waals surface area contributed by atoms with Crippen LogP contribution >= 0.6 is 0 Å². The number of rotatable bonds is 3. The number of methoxy groups -OCH3 is 1. The Balaban J connectivity index is 2.78. The molecule has 0 radical (unpaired) electrons. The van der Waals surface area contributed by atoms with Crippen molar-refractivity contribution in [3.05, 3.63) is 11.9 Å². The van der Waals surface area contributed by atoms with Crippen molar-refractivity contribution in [3.8, 4) is 0 Å². The van der Waals surface area contributed by atoms with E-state index in [0.29, 0.717) is 0 Å². The summed E-state index contributed by atoms with van der Waals surface area (Å²) in [6, 6.07) is 0. The van der Waals surface area contributed by atoms with Gasteiger partial charge >= 0.3 is 11.9 Å². The van der Waals surface area contributed by atoms with Gasteiger partial charge in [-0.2, -0.15) is 4.39 Å². The molecule has 0 amide bonds. The zero-order valence-electron chi connectivity index (χ0n) is 8.78. The molecule has 0 bridgehead atoms. The van der Waals surface area contributed by atoms with Crippen LogP contribution in [0.1, 0.15) is 13.8 Å². The summed E-state index contributed by atoms with van der Waals surface area (Å²) in [5.74, 6) is -4.15. The molecule has 1 aliphatic rings. The first-order valence-electron chi connectivity index (χ1n) is 4.50. The average molecular weight is 216 g/mol. The van der Waals surface area contributed by atoms with Gasteiger partial charge in [0.15, 0.2) is 0 Å². The molecule has 15 heavy (non-hydrogen) atoms. The normalized spacial score (nSPS) is 28.4. The monoisotopic (exact) mass is 216 g/mol. The summed E-state index contributed by atoms with van der Waals surface area (Å²) in [4.78, 5) is 21.5. The Bertz CT molecular complexity index is 332. The summed E-state index contributed by atoms with van der Waals surface area (Å²) in [5, 5.41) is 8.80. The molecular weight excluding hydrogens is 203 g/mol. The lowest BCUT2D eigenvalue weighted by Crippen LogP contribution is -2.03. The molecule has 0 aliphatic heterocycles. The van der Waals surface area contributed by atoms with E-state index >= 15 is 0 Å². The van der Waals surface area contributed by atoms with Gasteiger partial charge in [0.2, 0.25) is 5.83 Å². The van der Waals surface area contributed by atoms with Crippen LogP contribution in [0.3, 0.4) is 0 Å². The summed E-state index contributed by atoms with van der Waals surface area (Å²) in [6.07, 6.45) is 1.03. The summed E-state index contributed by atoms with van der Waals surface area (Å²) in [5.41, 5.74) is -0.503. The number of allylic oxidation sites excluding steroid dienone is 1. The molecule has 2 atom stereocenters. The Hall–Kier alpha value is -1.39. The number of halogens is 1. The molecule has 0 unspecified atom stereocenters. The van der Waals surface area contributed by atoms with Crippen molar-refractivity contribution in [2.24, 2.45) is 17.3 Å². The molecule has 0 heterocycles. The van der Waals surface area contributed by atoms with Gasteiger partial charge in [-0.15, -0.1) is 0 Å². The molecule has 1 fully saturated rings. The highest BCUT2D eigenvalue weighted by atomic mass is 19.1. The maximum absolute atomic E-state index is 13.1. The summed E-state index contributed by atoms with van der Waals surface area (Å²) in [6.45, 7) is 3.44. The van der Waals surface area contributed by atoms with Gasteiger partial charge < -0.3 is 9.84 Å². The molecule has 1 N–H and O–H groups in total. The number of hydrogen-bond acceptors (Lipinski definition) is 3. The molecule has 84 valence electrons. The minimum Gasteiger partial charge on any atom is -0.481 e. The quantitative estimate of drug-likeness (QED) is 0.571. The molecule has 1 rings (SSSR count). The minimum atomic E-state index is -1.07. The first kappa shape index (κ1) is 11.7.